The van der Waals surface area contributed by atoms with Gasteiger partial charge < -0.3 is 14.5 Å². The smallest absolute Gasteiger partial charge is 0.223 e. The van der Waals surface area contributed by atoms with Gasteiger partial charge in [0.2, 0.25) is 5.91 Å². The van der Waals surface area contributed by atoms with Gasteiger partial charge in [0.25, 0.3) is 0 Å². The molecule has 0 saturated carbocycles. The van der Waals surface area contributed by atoms with Gasteiger partial charge in [0.1, 0.15) is 5.75 Å². The average molecular weight is 344 g/mol. The zero-order chi connectivity index (χ0) is 17.5. The van der Waals surface area contributed by atoms with E-state index < -0.39 is 0 Å². The van der Waals surface area contributed by atoms with Crippen molar-refractivity contribution in [3.63, 3.8) is 0 Å². The summed E-state index contributed by atoms with van der Waals surface area (Å²) in [6.07, 6.45) is 8.92. The van der Waals surface area contributed by atoms with Gasteiger partial charge in [-0.25, -0.2) is 0 Å². The summed E-state index contributed by atoms with van der Waals surface area (Å²) in [5.74, 6) is 1.20. The molecule has 0 N–H and O–H groups in total. The molecule has 4 heteroatoms. The molecule has 2 aliphatic heterocycles. The van der Waals surface area contributed by atoms with Crippen molar-refractivity contribution in [3.05, 3.63) is 29.8 Å². The second-order valence-corrected chi connectivity index (χ2v) is 7.45. The molecule has 2 aliphatic rings. The first-order valence-electron chi connectivity index (χ1n) is 9.91. The Hall–Kier alpha value is -1.55. The number of rotatable bonds is 6. The Balaban J connectivity index is 1.56. The molecule has 2 saturated heterocycles. The molecular formula is C21H32N2O2. The van der Waals surface area contributed by atoms with Crippen LogP contribution in [0.5, 0.6) is 5.75 Å². The minimum Gasteiger partial charge on any atom is -0.497 e. The molecule has 3 rings (SSSR count). The largest absolute Gasteiger partial charge is 0.497 e. The van der Waals surface area contributed by atoms with Crippen LogP contribution in [-0.2, 0) is 11.2 Å². The van der Waals surface area contributed by atoms with Crippen LogP contribution in [0.2, 0.25) is 0 Å². The number of carbonyl (C=O) groups excluding carboxylic acids is 1. The van der Waals surface area contributed by atoms with Crippen LogP contribution < -0.4 is 4.74 Å². The molecule has 2 fully saturated rings. The van der Waals surface area contributed by atoms with E-state index in [4.69, 9.17) is 4.74 Å². The zero-order valence-electron chi connectivity index (χ0n) is 15.6. The van der Waals surface area contributed by atoms with Gasteiger partial charge in [-0.2, -0.15) is 0 Å². The molecule has 25 heavy (non-hydrogen) atoms. The minimum absolute atomic E-state index is 0.335. The van der Waals surface area contributed by atoms with Crippen LogP contribution >= 0.6 is 0 Å². The van der Waals surface area contributed by atoms with E-state index in [1.807, 2.05) is 12.1 Å². The number of methoxy groups -OCH3 is 1. The maximum atomic E-state index is 12.9. The first kappa shape index (κ1) is 18.2. The average Bonchev–Trinajstić information content (AvgIpc) is 3.04. The first-order valence-corrected chi connectivity index (χ1v) is 9.91. The molecule has 138 valence electrons. The van der Waals surface area contributed by atoms with Gasteiger partial charge in [-0.15, -0.1) is 0 Å². The van der Waals surface area contributed by atoms with Crippen LogP contribution in [0.4, 0.5) is 0 Å². The number of ether oxygens (including phenoxy) is 1. The highest BCUT2D eigenvalue weighted by atomic mass is 16.5. The molecule has 0 aliphatic carbocycles. The van der Waals surface area contributed by atoms with E-state index in [0.717, 1.165) is 31.7 Å². The molecule has 1 aromatic carbocycles. The lowest BCUT2D eigenvalue weighted by atomic mass is 10.1. The molecule has 0 bridgehead atoms. The third-order valence-electron chi connectivity index (χ3n) is 5.65. The van der Waals surface area contributed by atoms with Gasteiger partial charge in [0.15, 0.2) is 0 Å². The van der Waals surface area contributed by atoms with Crippen molar-refractivity contribution in [3.8, 4) is 5.75 Å². The molecule has 1 amide bonds. The standard InChI is InChI=1S/C21H32N2O2/c1-25-20-11-8-18(9-12-20)10-13-21(24)23-16-4-2-3-7-19(23)17-22-14-5-6-15-22/h8-9,11-12,19H,2-7,10,13-17H2,1H3. The number of amides is 1. The monoisotopic (exact) mass is 344 g/mol. The van der Waals surface area contributed by atoms with E-state index in [9.17, 15) is 4.79 Å². The fourth-order valence-electron chi connectivity index (χ4n) is 4.15. The fraction of sp³-hybridized carbons (Fsp3) is 0.667. The second-order valence-electron chi connectivity index (χ2n) is 7.45. The summed E-state index contributed by atoms with van der Waals surface area (Å²) in [5.41, 5.74) is 1.21. The lowest BCUT2D eigenvalue weighted by molar-refractivity contribution is -0.133. The number of benzene rings is 1. The lowest BCUT2D eigenvalue weighted by Crippen LogP contribution is -2.46. The van der Waals surface area contributed by atoms with E-state index >= 15 is 0 Å². The van der Waals surface area contributed by atoms with Crippen molar-refractivity contribution in [2.75, 3.05) is 33.3 Å². The Morgan fingerprint density at radius 3 is 2.48 bits per heavy atom. The fourth-order valence-corrected chi connectivity index (χ4v) is 4.15. The van der Waals surface area contributed by atoms with Crippen molar-refractivity contribution in [1.29, 1.82) is 0 Å². The van der Waals surface area contributed by atoms with Crippen molar-refractivity contribution < 1.29 is 9.53 Å². The predicted molar refractivity (Wildman–Crippen MR) is 101 cm³/mol. The van der Waals surface area contributed by atoms with Crippen molar-refractivity contribution in [2.45, 2.75) is 57.4 Å². The second kappa shape index (κ2) is 9.23. The molecule has 0 spiro atoms. The third-order valence-corrected chi connectivity index (χ3v) is 5.65. The summed E-state index contributed by atoms with van der Waals surface area (Å²) in [6, 6.07) is 8.50. The van der Waals surface area contributed by atoms with Crippen molar-refractivity contribution in [1.82, 2.24) is 9.80 Å². The van der Waals surface area contributed by atoms with Crippen molar-refractivity contribution >= 4 is 5.91 Å². The van der Waals surface area contributed by atoms with E-state index in [2.05, 4.69) is 21.9 Å². The van der Waals surface area contributed by atoms with E-state index in [-0.39, 0.29) is 0 Å². The summed E-state index contributed by atoms with van der Waals surface area (Å²) >= 11 is 0. The molecular weight excluding hydrogens is 312 g/mol. The van der Waals surface area contributed by atoms with Crippen LogP contribution in [0.3, 0.4) is 0 Å². The number of likely N-dealkylation sites (tertiary alicyclic amines) is 2. The lowest BCUT2D eigenvalue weighted by Gasteiger charge is -2.33. The van der Waals surface area contributed by atoms with Gasteiger partial charge in [0, 0.05) is 25.6 Å². The highest BCUT2D eigenvalue weighted by Crippen LogP contribution is 2.21. The molecule has 1 unspecified atom stereocenters. The van der Waals surface area contributed by atoms with Crippen molar-refractivity contribution in [2.24, 2.45) is 0 Å². The normalized spacial score (nSPS) is 22.0. The number of nitrogens with zero attached hydrogens (tertiary/aromatic N) is 2. The molecule has 2 heterocycles. The zero-order valence-corrected chi connectivity index (χ0v) is 15.6. The quantitative estimate of drug-likeness (QED) is 0.792. The Labute approximate surface area is 152 Å². The van der Waals surface area contributed by atoms with Gasteiger partial charge in [-0.1, -0.05) is 25.0 Å². The van der Waals surface area contributed by atoms with E-state index in [1.54, 1.807) is 7.11 Å². The Morgan fingerprint density at radius 1 is 1.04 bits per heavy atom. The Morgan fingerprint density at radius 2 is 1.76 bits per heavy atom. The summed E-state index contributed by atoms with van der Waals surface area (Å²) < 4.78 is 5.20. The third kappa shape index (κ3) is 5.21. The molecule has 1 atom stereocenters. The van der Waals surface area contributed by atoms with Crippen LogP contribution in [0.25, 0.3) is 0 Å². The molecule has 4 nitrogen and oxygen atoms in total. The van der Waals surface area contributed by atoms with Gasteiger partial charge in [-0.3, -0.25) is 4.79 Å². The molecule has 1 aromatic rings. The maximum Gasteiger partial charge on any atom is 0.223 e. The maximum absolute atomic E-state index is 12.9. The summed E-state index contributed by atoms with van der Waals surface area (Å²) in [7, 11) is 1.68. The summed E-state index contributed by atoms with van der Waals surface area (Å²) in [6.45, 7) is 4.45. The number of aryl methyl sites for hydroxylation is 1. The summed E-state index contributed by atoms with van der Waals surface area (Å²) in [5, 5.41) is 0. The number of carbonyl (C=O) groups is 1. The Kier molecular flexibility index (Phi) is 6.74. The van der Waals surface area contributed by atoms with Gasteiger partial charge in [-0.05, 0) is 62.9 Å². The highest BCUT2D eigenvalue weighted by Gasteiger charge is 2.27. The molecule has 0 radical (unpaired) electrons. The van der Waals surface area contributed by atoms with E-state index in [0.29, 0.717) is 18.4 Å². The predicted octanol–water partition coefficient (Wildman–Crippen LogP) is 3.49. The first-order chi connectivity index (χ1) is 12.3. The Bertz CT molecular complexity index is 537. The van der Waals surface area contributed by atoms with Crippen LogP contribution in [-0.4, -0.2) is 55.0 Å². The minimum atomic E-state index is 0.335. The highest BCUT2D eigenvalue weighted by molar-refractivity contribution is 5.77. The topological polar surface area (TPSA) is 32.8 Å². The number of hydrogen-bond acceptors (Lipinski definition) is 3. The van der Waals surface area contributed by atoms with E-state index in [1.165, 1.54) is 50.8 Å². The SMILES string of the molecule is COc1ccc(CCC(=O)N2CCCCCC2CN2CCCC2)cc1. The van der Waals surface area contributed by atoms with Gasteiger partial charge >= 0.3 is 0 Å². The van der Waals surface area contributed by atoms with Crippen LogP contribution in [0.1, 0.15) is 50.5 Å². The van der Waals surface area contributed by atoms with Crippen LogP contribution in [0.15, 0.2) is 24.3 Å². The number of hydrogen-bond donors (Lipinski definition) is 0. The summed E-state index contributed by atoms with van der Waals surface area (Å²) in [4.78, 5) is 17.7. The molecule has 0 aromatic heterocycles. The van der Waals surface area contributed by atoms with Crippen LogP contribution in [0, 0.1) is 0 Å². The van der Waals surface area contributed by atoms with Gasteiger partial charge in [0.05, 0.1) is 7.11 Å².